The molecule has 0 N–H and O–H groups in total. The highest BCUT2D eigenvalue weighted by atomic mass is 32.2. The van der Waals surface area contributed by atoms with Gasteiger partial charge in [0.05, 0.1) is 4.58 Å². The highest BCUT2D eigenvalue weighted by molar-refractivity contribution is 8.25. The van der Waals surface area contributed by atoms with E-state index in [0.29, 0.717) is 9.70 Å². The molecule has 1 aliphatic rings. The van der Waals surface area contributed by atoms with Crippen LogP contribution in [0.25, 0.3) is 0 Å². The number of carbonyl (C=O) groups excluding carboxylic acids is 1. The monoisotopic (exact) mass is 210 g/mol. The van der Waals surface area contributed by atoms with E-state index in [9.17, 15) is 4.79 Å². The maximum absolute atomic E-state index is 11.2. The van der Waals surface area contributed by atoms with E-state index >= 15 is 0 Å². The molecular weight excluding hydrogens is 200 g/mol. The molecule has 0 radical (unpaired) electrons. The molecular formula is C10H10OS2. The van der Waals surface area contributed by atoms with Crippen molar-refractivity contribution in [2.45, 2.75) is 11.0 Å². The summed E-state index contributed by atoms with van der Waals surface area (Å²) >= 11 is 3.33. The van der Waals surface area contributed by atoms with Gasteiger partial charge in [0, 0.05) is 12.2 Å². The topological polar surface area (TPSA) is 17.1 Å². The summed E-state index contributed by atoms with van der Waals surface area (Å²) in [5, 5.41) is 0.326. The molecule has 1 heterocycles. The van der Waals surface area contributed by atoms with Gasteiger partial charge in [-0.3, -0.25) is 4.79 Å². The predicted octanol–water partition coefficient (Wildman–Crippen LogP) is 3.08. The van der Waals surface area contributed by atoms with Crippen molar-refractivity contribution in [1.29, 1.82) is 0 Å². The Balaban J connectivity index is 2.13. The van der Waals surface area contributed by atoms with Crippen molar-refractivity contribution in [3.05, 3.63) is 35.9 Å². The number of thioether (sulfide) groups is 2. The average Bonchev–Trinajstić information content (AvgIpc) is 2.19. The van der Waals surface area contributed by atoms with Gasteiger partial charge in [-0.05, 0) is 5.56 Å². The first-order valence-electron chi connectivity index (χ1n) is 4.22. The fourth-order valence-electron chi connectivity index (χ4n) is 1.24. The maximum Gasteiger partial charge on any atom is 0.191 e. The maximum atomic E-state index is 11.2. The van der Waals surface area contributed by atoms with E-state index in [-0.39, 0.29) is 0 Å². The van der Waals surface area contributed by atoms with Crippen LogP contribution in [0, 0.1) is 0 Å². The van der Waals surface area contributed by atoms with Crippen molar-refractivity contribution in [1.82, 2.24) is 0 Å². The first-order valence-corrected chi connectivity index (χ1v) is 6.15. The summed E-state index contributed by atoms with van der Waals surface area (Å²) in [5.74, 6) is 0.964. The Morgan fingerprint density at radius 3 is 2.69 bits per heavy atom. The van der Waals surface area contributed by atoms with Gasteiger partial charge in [0.1, 0.15) is 0 Å². The van der Waals surface area contributed by atoms with E-state index in [2.05, 4.69) is 12.1 Å². The van der Waals surface area contributed by atoms with Crippen LogP contribution in [0.15, 0.2) is 30.3 Å². The van der Waals surface area contributed by atoms with E-state index < -0.39 is 0 Å². The van der Waals surface area contributed by atoms with Crippen LogP contribution in [0.4, 0.5) is 0 Å². The summed E-state index contributed by atoms with van der Waals surface area (Å²) in [7, 11) is 0. The van der Waals surface area contributed by atoms with Crippen LogP contribution in [-0.2, 0) is 4.79 Å². The molecule has 1 aromatic rings. The van der Waals surface area contributed by atoms with Gasteiger partial charge in [0.25, 0.3) is 0 Å². The second-order valence-electron chi connectivity index (χ2n) is 2.85. The van der Waals surface area contributed by atoms with E-state index in [1.54, 1.807) is 0 Å². The average molecular weight is 210 g/mol. The quantitative estimate of drug-likeness (QED) is 0.709. The van der Waals surface area contributed by atoms with Crippen molar-refractivity contribution in [2.24, 2.45) is 0 Å². The predicted molar refractivity (Wildman–Crippen MR) is 58.9 cm³/mol. The standard InChI is InChI=1S/C10H10OS2/c11-9-6-7-12-10(13-9)8-4-2-1-3-5-8/h1-5,10H,6-7H2. The van der Waals surface area contributed by atoms with E-state index in [0.717, 1.165) is 12.2 Å². The molecule has 0 aromatic heterocycles. The number of rotatable bonds is 1. The normalized spacial score (nSPS) is 23.1. The lowest BCUT2D eigenvalue weighted by Gasteiger charge is -2.19. The van der Waals surface area contributed by atoms with Crippen molar-refractivity contribution in [2.75, 3.05) is 5.75 Å². The number of benzene rings is 1. The molecule has 1 nitrogen and oxygen atoms in total. The molecule has 0 aliphatic carbocycles. The van der Waals surface area contributed by atoms with Gasteiger partial charge in [-0.15, -0.1) is 11.8 Å². The molecule has 0 spiro atoms. The van der Waals surface area contributed by atoms with Crippen molar-refractivity contribution < 1.29 is 4.79 Å². The third kappa shape index (κ3) is 2.29. The minimum Gasteiger partial charge on any atom is -0.287 e. The minimum atomic E-state index is 0.322. The second kappa shape index (κ2) is 4.20. The number of hydrogen-bond acceptors (Lipinski definition) is 3. The molecule has 0 amide bonds. The Kier molecular flexibility index (Phi) is 2.96. The van der Waals surface area contributed by atoms with Crippen molar-refractivity contribution >= 4 is 28.6 Å². The molecule has 1 fully saturated rings. The molecule has 1 saturated heterocycles. The van der Waals surface area contributed by atoms with E-state index in [1.165, 1.54) is 17.3 Å². The Morgan fingerprint density at radius 2 is 2.00 bits per heavy atom. The van der Waals surface area contributed by atoms with Gasteiger partial charge in [-0.1, -0.05) is 42.1 Å². The zero-order valence-corrected chi connectivity index (χ0v) is 8.74. The van der Waals surface area contributed by atoms with Crippen LogP contribution in [-0.4, -0.2) is 10.9 Å². The molecule has 1 aliphatic heterocycles. The summed E-state index contributed by atoms with van der Waals surface area (Å²) in [6.07, 6.45) is 0.721. The third-order valence-corrected chi connectivity index (χ3v) is 4.55. The summed E-state index contributed by atoms with van der Waals surface area (Å²) in [6, 6.07) is 10.2. The Hall–Kier alpha value is -0.410. The van der Waals surface area contributed by atoms with Gasteiger partial charge < -0.3 is 0 Å². The molecule has 1 atom stereocenters. The highest BCUT2D eigenvalue weighted by Crippen LogP contribution is 2.44. The first-order chi connectivity index (χ1) is 6.36. The van der Waals surface area contributed by atoms with Gasteiger partial charge in [-0.2, -0.15) is 0 Å². The van der Waals surface area contributed by atoms with Crippen LogP contribution in [0.2, 0.25) is 0 Å². The molecule has 13 heavy (non-hydrogen) atoms. The van der Waals surface area contributed by atoms with E-state index in [1.807, 2.05) is 30.0 Å². The third-order valence-electron chi connectivity index (χ3n) is 1.89. The zero-order chi connectivity index (χ0) is 9.10. The lowest BCUT2D eigenvalue weighted by molar-refractivity contribution is -0.110. The molecule has 0 saturated carbocycles. The molecule has 1 aromatic carbocycles. The SMILES string of the molecule is O=C1CCSC(c2ccccc2)S1. The Labute approximate surface area is 86.3 Å². The molecule has 68 valence electrons. The summed E-state index contributed by atoms with van der Waals surface area (Å²) in [4.78, 5) is 11.2. The van der Waals surface area contributed by atoms with Crippen LogP contribution in [0.5, 0.6) is 0 Å². The molecule has 2 rings (SSSR count). The lowest BCUT2D eigenvalue weighted by atomic mass is 10.2. The summed E-state index contributed by atoms with van der Waals surface area (Å²) in [6.45, 7) is 0. The second-order valence-corrected chi connectivity index (χ2v) is 5.53. The fraction of sp³-hybridized carbons (Fsp3) is 0.300. The lowest BCUT2D eigenvalue weighted by Crippen LogP contribution is -2.05. The number of hydrogen-bond donors (Lipinski definition) is 0. The van der Waals surface area contributed by atoms with Crippen LogP contribution in [0.1, 0.15) is 16.6 Å². The molecule has 0 bridgehead atoms. The van der Waals surface area contributed by atoms with Crippen LogP contribution in [0.3, 0.4) is 0 Å². The minimum absolute atomic E-state index is 0.322. The van der Waals surface area contributed by atoms with E-state index in [4.69, 9.17) is 0 Å². The largest absolute Gasteiger partial charge is 0.287 e. The van der Waals surface area contributed by atoms with Gasteiger partial charge in [0.15, 0.2) is 5.12 Å². The Morgan fingerprint density at radius 1 is 1.23 bits per heavy atom. The van der Waals surface area contributed by atoms with Crippen molar-refractivity contribution in [3.63, 3.8) is 0 Å². The van der Waals surface area contributed by atoms with Gasteiger partial charge in [0.2, 0.25) is 0 Å². The van der Waals surface area contributed by atoms with Crippen LogP contribution < -0.4 is 0 Å². The van der Waals surface area contributed by atoms with Crippen LogP contribution >= 0.6 is 23.5 Å². The Bertz CT molecular complexity index is 297. The summed E-state index contributed by atoms with van der Waals surface area (Å²) < 4.78 is 0.322. The summed E-state index contributed by atoms with van der Waals surface area (Å²) in [5.41, 5.74) is 1.26. The smallest absolute Gasteiger partial charge is 0.191 e. The molecule has 1 unspecified atom stereocenters. The van der Waals surface area contributed by atoms with Gasteiger partial charge >= 0.3 is 0 Å². The first kappa shape index (κ1) is 9.16. The highest BCUT2D eigenvalue weighted by Gasteiger charge is 2.21. The van der Waals surface area contributed by atoms with Crippen molar-refractivity contribution in [3.8, 4) is 0 Å². The zero-order valence-electron chi connectivity index (χ0n) is 7.10. The van der Waals surface area contributed by atoms with Gasteiger partial charge in [-0.25, -0.2) is 0 Å². The molecule has 3 heteroatoms. The number of carbonyl (C=O) groups is 1. The fourth-order valence-corrected chi connectivity index (χ4v) is 3.87.